The van der Waals surface area contributed by atoms with Crippen LogP contribution in [0, 0.1) is 29.1 Å². The minimum Gasteiger partial charge on any atom is -0.496 e. The number of hydrogen-bond acceptors (Lipinski definition) is 9. The second-order valence-electron chi connectivity index (χ2n) is 16.1. The van der Waals surface area contributed by atoms with Gasteiger partial charge in [-0.3, -0.25) is 14.4 Å². The van der Waals surface area contributed by atoms with Gasteiger partial charge in [-0.1, -0.05) is 39.0 Å². The highest BCUT2D eigenvalue weighted by Gasteiger charge is 2.57. The Labute approximate surface area is 303 Å². The molecule has 0 aromatic heterocycles. The maximum Gasteiger partial charge on any atom is 0.251 e. The summed E-state index contributed by atoms with van der Waals surface area (Å²) in [7, 11) is 5.49. The molecule has 9 atom stereocenters. The van der Waals surface area contributed by atoms with Crippen molar-refractivity contribution in [3.05, 3.63) is 47.5 Å². The highest BCUT2D eigenvalue weighted by Crippen LogP contribution is 2.61. The number of rotatable bonds is 13. The summed E-state index contributed by atoms with van der Waals surface area (Å²) in [5.41, 5.74) is 4.06. The summed E-state index contributed by atoms with van der Waals surface area (Å²) in [6.45, 7) is 9.73. The number of carbonyl (C=O) groups excluding carboxylic acids is 2. The van der Waals surface area contributed by atoms with E-state index in [1.165, 1.54) is 6.42 Å². The van der Waals surface area contributed by atoms with Crippen molar-refractivity contribution in [3.8, 4) is 16.9 Å². The first-order chi connectivity index (χ1) is 24.3. The maximum atomic E-state index is 14.2. The van der Waals surface area contributed by atoms with Crippen molar-refractivity contribution >= 4 is 17.5 Å². The van der Waals surface area contributed by atoms with Gasteiger partial charge in [-0.05, 0) is 86.0 Å². The van der Waals surface area contributed by atoms with Crippen LogP contribution in [0.2, 0.25) is 0 Å². The Balaban J connectivity index is 1.25. The molecule has 7 rings (SSSR count). The molecule has 2 amide bonds. The third kappa shape index (κ3) is 7.51. The van der Waals surface area contributed by atoms with Gasteiger partial charge in [-0.2, -0.15) is 5.06 Å². The Kier molecular flexibility index (Phi) is 11.3. The van der Waals surface area contributed by atoms with Gasteiger partial charge >= 0.3 is 0 Å². The minimum absolute atomic E-state index is 0.0447. The van der Waals surface area contributed by atoms with Crippen LogP contribution in [0.3, 0.4) is 0 Å². The number of anilines is 1. The van der Waals surface area contributed by atoms with E-state index in [0.717, 1.165) is 54.7 Å². The van der Waals surface area contributed by atoms with E-state index in [2.05, 4.69) is 31.4 Å². The number of nitrogens with one attached hydrogen (secondary N) is 2. The molecule has 0 spiro atoms. The van der Waals surface area contributed by atoms with Crippen LogP contribution >= 0.6 is 0 Å². The zero-order valence-corrected chi connectivity index (χ0v) is 31.4. The summed E-state index contributed by atoms with van der Waals surface area (Å²) in [5.74, 6) is 1.08. The number of fused-ring (bicyclic) bond motifs is 2. The van der Waals surface area contributed by atoms with E-state index in [9.17, 15) is 19.8 Å². The Bertz CT molecular complexity index is 1560. The van der Waals surface area contributed by atoms with Crippen molar-refractivity contribution in [1.82, 2.24) is 15.7 Å². The number of methoxy groups -OCH3 is 1. The fourth-order valence-corrected chi connectivity index (χ4v) is 9.31. The van der Waals surface area contributed by atoms with Gasteiger partial charge in [0.2, 0.25) is 5.91 Å². The van der Waals surface area contributed by atoms with E-state index in [1.807, 2.05) is 55.4 Å². The van der Waals surface area contributed by atoms with E-state index >= 15 is 0 Å². The first kappa shape index (κ1) is 37.5. The summed E-state index contributed by atoms with van der Waals surface area (Å²) in [6.07, 6.45) is 3.57. The molecule has 11 heteroatoms. The van der Waals surface area contributed by atoms with Gasteiger partial charge < -0.3 is 35.2 Å². The number of nitrogens with zero attached hydrogens (tertiary/aromatic N) is 2. The molecule has 4 N–H and O–H groups in total. The molecule has 2 saturated heterocycles. The van der Waals surface area contributed by atoms with Crippen molar-refractivity contribution in [2.45, 2.75) is 96.7 Å². The summed E-state index contributed by atoms with van der Waals surface area (Å²) in [4.78, 5) is 35.8. The third-order valence-corrected chi connectivity index (χ3v) is 12.5. The van der Waals surface area contributed by atoms with Crippen LogP contribution in [-0.2, 0) is 20.9 Å². The van der Waals surface area contributed by atoms with Crippen LogP contribution in [0.5, 0.6) is 5.75 Å². The Hall–Kier alpha value is -3.22. The van der Waals surface area contributed by atoms with Crippen molar-refractivity contribution in [3.63, 3.8) is 0 Å². The highest BCUT2D eigenvalue weighted by atomic mass is 16.7. The second kappa shape index (κ2) is 15.4. The molecule has 0 radical (unpaired) electrons. The second-order valence-corrected chi connectivity index (χ2v) is 16.1. The number of aliphatic hydroxyl groups excluding tert-OH is 2. The molecule has 51 heavy (non-hydrogen) atoms. The lowest BCUT2D eigenvalue weighted by atomic mass is 9.45. The Morgan fingerprint density at radius 2 is 1.96 bits per heavy atom. The molecular formula is C40H58N4O7. The van der Waals surface area contributed by atoms with E-state index in [-0.39, 0.29) is 42.5 Å². The van der Waals surface area contributed by atoms with Crippen molar-refractivity contribution in [2.24, 2.45) is 29.1 Å². The fraction of sp³-hybridized carbons (Fsp3) is 0.650. The normalized spacial score (nSPS) is 30.4. The molecule has 3 saturated carbocycles. The lowest BCUT2D eigenvalue weighted by Gasteiger charge is -2.62. The number of hydroxylamine groups is 2. The SMILES string of the molecule is COc1c(CN2O[C@@H](CO)[C@@H]([C@H](C)O)[C@H]2C(=O)N[C@H]2C[C@H]3C[C@@H]([C@@H]2C)C3(C)C)cccc1-c1cc(C(=O)NCCC2CCCO2)cc(N(C)C)c1. The summed E-state index contributed by atoms with van der Waals surface area (Å²) < 4.78 is 11.8. The molecule has 5 fully saturated rings. The Morgan fingerprint density at radius 1 is 1.18 bits per heavy atom. The molecule has 11 nitrogen and oxygen atoms in total. The molecule has 1 unspecified atom stereocenters. The van der Waals surface area contributed by atoms with Crippen LogP contribution in [-0.4, -0.2) is 98.4 Å². The van der Waals surface area contributed by atoms with Crippen LogP contribution in [0.15, 0.2) is 36.4 Å². The zero-order valence-electron chi connectivity index (χ0n) is 31.4. The fourth-order valence-electron chi connectivity index (χ4n) is 9.31. The number of benzene rings is 2. The summed E-state index contributed by atoms with van der Waals surface area (Å²) in [5, 5.41) is 29.2. The first-order valence-corrected chi connectivity index (χ1v) is 18.7. The molecule has 5 aliphatic rings. The van der Waals surface area contributed by atoms with Gasteiger partial charge in [0.1, 0.15) is 17.9 Å². The molecule has 2 aliphatic heterocycles. The van der Waals surface area contributed by atoms with Crippen LogP contribution in [0.4, 0.5) is 5.69 Å². The number of para-hydroxylation sites is 1. The van der Waals surface area contributed by atoms with E-state index in [0.29, 0.717) is 35.6 Å². The van der Waals surface area contributed by atoms with Gasteiger partial charge in [0, 0.05) is 61.6 Å². The summed E-state index contributed by atoms with van der Waals surface area (Å²) >= 11 is 0. The molecule has 3 aliphatic carbocycles. The van der Waals surface area contributed by atoms with Gasteiger partial charge in [0.05, 0.1) is 32.5 Å². The molecule has 2 aromatic rings. The minimum atomic E-state index is -0.892. The van der Waals surface area contributed by atoms with Crippen molar-refractivity contribution in [1.29, 1.82) is 0 Å². The van der Waals surface area contributed by atoms with Gasteiger partial charge in [0.25, 0.3) is 5.91 Å². The maximum absolute atomic E-state index is 14.2. The van der Waals surface area contributed by atoms with Crippen LogP contribution in [0.25, 0.3) is 11.1 Å². The number of hydrogen-bond donors (Lipinski definition) is 4. The topological polar surface area (TPSA) is 133 Å². The number of aliphatic hydroxyl groups is 2. The lowest BCUT2D eigenvalue weighted by Crippen LogP contribution is -2.62. The lowest BCUT2D eigenvalue weighted by molar-refractivity contribution is -0.183. The van der Waals surface area contributed by atoms with Gasteiger partial charge in [-0.15, -0.1) is 0 Å². The highest BCUT2D eigenvalue weighted by molar-refractivity contribution is 5.97. The number of amides is 2. The largest absolute Gasteiger partial charge is 0.496 e. The van der Waals surface area contributed by atoms with Gasteiger partial charge in [-0.25, -0.2) is 0 Å². The first-order valence-electron chi connectivity index (χ1n) is 18.7. The predicted octanol–water partition coefficient (Wildman–Crippen LogP) is 4.39. The monoisotopic (exact) mass is 706 g/mol. The van der Waals surface area contributed by atoms with Crippen LogP contribution < -0.4 is 20.3 Å². The average Bonchev–Trinajstić information content (AvgIpc) is 3.76. The quantitative estimate of drug-likeness (QED) is 0.240. The van der Waals surface area contributed by atoms with E-state index < -0.39 is 24.2 Å². The van der Waals surface area contributed by atoms with Crippen LogP contribution in [0.1, 0.15) is 75.7 Å². The molecule has 2 aromatic carbocycles. The van der Waals surface area contributed by atoms with Crippen molar-refractivity contribution in [2.75, 3.05) is 45.9 Å². The Morgan fingerprint density at radius 3 is 2.59 bits per heavy atom. The molecule has 2 bridgehead atoms. The molecule has 280 valence electrons. The van der Waals surface area contributed by atoms with Crippen molar-refractivity contribution < 1.29 is 34.1 Å². The third-order valence-electron chi connectivity index (χ3n) is 12.5. The standard InChI is InChI=1S/C40H58N4O7/c1-23-32-19-28(40(32,3)4)20-33(23)42-39(48)36-35(24(2)46)34(22-45)51-44(36)21-25-10-8-12-31(37(25)49-7)26-16-27(18-29(17-26)43(5)6)38(47)41-14-13-30-11-9-15-50-30/h8,10,12,16-18,23-24,28,30,32-36,45-46H,9,11,13-15,19-22H2,1-7H3,(H,41,47)(H,42,48)/t23-,24-,28+,30?,32-,33-,34-,35+,36-/m0/s1. The predicted molar refractivity (Wildman–Crippen MR) is 196 cm³/mol. The number of carbonyl (C=O) groups is 2. The number of ether oxygens (including phenoxy) is 2. The summed E-state index contributed by atoms with van der Waals surface area (Å²) in [6, 6.07) is 10.8. The van der Waals surface area contributed by atoms with E-state index in [1.54, 1.807) is 19.1 Å². The van der Waals surface area contributed by atoms with Gasteiger partial charge in [0.15, 0.2) is 0 Å². The average molecular weight is 707 g/mol. The zero-order chi connectivity index (χ0) is 36.6. The van der Waals surface area contributed by atoms with E-state index in [4.69, 9.17) is 14.3 Å². The smallest absolute Gasteiger partial charge is 0.251 e. The molecular weight excluding hydrogens is 648 g/mol. The molecule has 2 heterocycles.